The van der Waals surface area contributed by atoms with E-state index in [9.17, 15) is 0 Å². The molecule has 7 nitrogen and oxygen atoms in total. The zero-order valence-electron chi connectivity index (χ0n) is 18.5. The largest absolute Gasteiger partial charge is 0.493 e. The van der Waals surface area contributed by atoms with Gasteiger partial charge >= 0.3 is 0 Å². The van der Waals surface area contributed by atoms with Crippen LogP contribution in [0.4, 0.5) is 0 Å². The van der Waals surface area contributed by atoms with E-state index in [1.165, 1.54) is 5.56 Å². The number of nitrogens with zero attached hydrogens (tertiary/aromatic N) is 3. The summed E-state index contributed by atoms with van der Waals surface area (Å²) in [5.41, 5.74) is 2.34. The summed E-state index contributed by atoms with van der Waals surface area (Å²) in [6.07, 6.45) is 7.13. The van der Waals surface area contributed by atoms with Crippen molar-refractivity contribution in [1.29, 1.82) is 0 Å². The fourth-order valence-electron chi connectivity index (χ4n) is 3.52. The molecule has 0 amide bonds. The smallest absolute Gasteiger partial charge is 0.191 e. The lowest BCUT2D eigenvalue weighted by molar-refractivity contribution is 0.166. The molecule has 3 rings (SSSR count). The molecular weight excluding hydrogens is 378 g/mol. The van der Waals surface area contributed by atoms with Crippen molar-refractivity contribution >= 4 is 5.96 Å². The van der Waals surface area contributed by atoms with Gasteiger partial charge < -0.3 is 24.7 Å². The lowest BCUT2D eigenvalue weighted by Gasteiger charge is -2.17. The second kappa shape index (κ2) is 11.6. The van der Waals surface area contributed by atoms with E-state index in [1.807, 2.05) is 19.3 Å². The zero-order valence-corrected chi connectivity index (χ0v) is 18.5. The Balaban J connectivity index is 1.41. The van der Waals surface area contributed by atoms with E-state index < -0.39 is 0 Å². The first-order chi connectivity index (χ1) is 14.7. The maximum absolute atomic E-state index is 6.14. The van der Waals surface area contributed by atoms with Gasteiger partial charge in [0.05, 0.1) is 13.2 Å². The molecule has 1 atom stereocenters. The van der Waals surface area contributed by atoms with Crippen LogP contribution in [0.2, 0.25) is 0 Å². The number of hydrogen-bond acceptors (Lipinski definition) is 4. The van der Waals surface area contributed by atoms with Crippen LogP contribution >= 0.6 is 0 Å². The molecule has 2 N–H and O–H groups in total. The predicted molar refractivity (Wildman–Crippen MR) is 120 cm³/mol. The predicted octanol–water partition coefficient (Wildman–Crippen LogP) is 3.06. The summed E-state index contributed by atoms with van der Waals surface area (Å²) in [5.74, 6) is 3.31. The Morgan fingerprint density at radius 2 is 2.20 bits per heavy atom. The third kappa shape index (κ3) is 6.76. The monoisotopic (exact) mass is 413 g/mol. The lowest BCUT2D eigenvalue weighted by Crippen LogP contribution is -2.37. The fourth-order valence-corrected chi connectivity index (χ4v) is 3.52. The summed E-state index contributed by atoms with van der Waals surface area (Å²) in [4.78, 5) is 8.60. The van der Waals surface area contributed by atoms with Gasteiger partial charge in [-0.1, -0.05) is 12.1 Å². The highest BCUT2D eigenvalue weighted by Crippen LogP contribution is 2.22. The van der Waals surface area contributed by atoms with Crippen LogP contribution in [-0.4, -0.2) is 48.9 Å². The van der Waals surface area contributed by atoms with E-state index >= 15 is 0 Å². The molecule has 1 fully saturated rings. The third-order valence-corrected chi connectivity index (χ3v) is 5.43. The summed E-state index contributed by atoms with van der Waals surface area (Å²) in [5, 5.41) is 6.80. The van der Waals surface area contributed by atoms with Crippen LogP contribution in [0.25, 0.3) is 0 Å². The van der Waals surface area contributed by atoms with Crippen LogP contribution in [0.15, 0.2) is 35.6 Å². The Bertz CT molecular complexity index is 812. The van der Waals surface area contributed by atoms with Crippen molar-refractivity contribution in [2.75, 3.05) is 33.4 Å². The minimum atomic E-state index is 0.492. The topological polar surface area (TPSA) is 72.7 Å². The molecule has 0 bridgehead atoms. The van der Waals surface area contributed by atoms with Crippen LogP contribution in [0.5, 0.6) is 5.75 Å². The molecule has 164 valence electrons. The summed E-state index contributed by atoms with van der Waals surface area (Å²) < 4.78 is 13.8. The minimum Gasteiger partial charge on any atom is -0.493 e. The number of aryl methyl sites for hydroxylation is 3. The van der Waals surface area contributed by atoms with Crippen LogP contribution in [0, 0.1) is 19.8 Å². The Morgan fingerprint density at radius 1 is 1.30 bits per heavy atom. The first-order valence-electron chi connectivity index (χ1n) is 10.9. The zero-order chi connectivity index (χ0) is 21.2. The number of unbranched alkanes of at least 4 members (excludes halogenated alkanes) is 1. The SMILES string of the molecule is CN=C(NCCCCn1ccnc1C)NCc1ccc(C)cc1OCC1CCOC1. The standard InChI is InChI=1S/C23H35N5O2/c1-18-6-7-21(22(14-18)30-17-20-8-13-29-16-20)15-27-23(24-3)26-9-4-5-11-28-12-10-25-19(28)2/h6-7,10,12,14,20H,4-5,8-9,11,13,15-17H2,1-3H3,(H2,24,26,27). The van der Waals surface area contributed by atoms with Gasteiger partial charge in [0, 0.05) is 57.2 Å². The highest BCUT2D eigenvalue weighted by Gasteiger charge is 2.17. The number of imidazole rings is 1. The van der Waals surface area contributed by atoms with Crippen molar-refractivity contribution in [3.05, 3.63) is 47.5 Å². The average Bonchev–Trinajstić information content (AvgIpc) is 3.41. The number of aromatic nitrogens is 2. The van der Waals surface area contributed by atoms with Crippen molar-refractivity contribution in [3.8, 4) is 5.75 Å². The maximum Gasteiger partial charge on any atom is 0.191 e. The Morgan fingerprint density at radius 3 is 2.93 bits per heavy atom. The number of nitrogens with one attached hydrogen (secondary N) is 2. The molecule has 1 unspecified atom stereocenters. The van der Waals surface area contributed by atoms with Gasteiger partial charge in [-0.3, -0.25) is 4.99 Å². The van der Waals surface area contributed by atoms with Crippen LogP contribution in [0.1, 0.15) is 36.2 Å². The molecule has 1 saturated heterocycles. The van der Waals surface area contributed by atoms with Crippen LogP contribution in [-0.2, 0) is 17.8 Å². The first kappa shape index (κ1) is 22.2. The van der Waals surface area contributed by atoms with Gasteiger partial charge in [-0.05, 0) is 44.7 Å². The lowest BCUT2D eigenvalue weighted by atomic mass is 10.1. The number of rotatable bonds is 10. The molecule has 0 spiro atoms. The van der Waals surface area contributed by atoms with Crippen molar-refractivity contribution in [3.63, 3.8) is 0 Å². The van der Waals surface area contributed by atoms with E-state index in [-0.39, 0.29) is 0 Å². The normalized spacial score (nSPS) is 16.6. The molecule has 0 radical (unpaired) electrons. The summed E-state index contributed by atoms with van der Waals surface area (Å²) in [6.45, 7) is 9.03. The molecule has 0 saturated carbocycles. The van der Waals surface area contributed by atoms with Gasteiger partial charge in [-0.2, -0.15) is 0 Å². The fraction of sp³-hybridized carbons (Fsp3) is 0.565. The third-order valence-electron chi connectivity index (χ3n) is 5.43. The molecule has 30 heavy (non-hydrogen) atoms. The van der Waals surface area contributed by atoms with Crippen molar-refractivity contribution in [2.24, 2.45) is 10.9 Å². The Hall–Kier alpha value is -2.54. The highest BCUT2D eigenvalue weighted by atomic mass is 16.5. The first-order valence-corrected chi connectivity index (χ1v) is 10.9. The number of aliphatic imine (C=N–C) groups is 1. The summed E-state index contributed by atoms with van der Waals surface area (Å²) in [7, 11) is 1.80. The molecule has 2 aromatic rings. The van der Waals surface area contributed by atoms with Gasteiger partial charge in [0.2, 0.25) is 0 Å². The molecule has 0 aliphatic carbocycles. The van der Waals surface area contributed by atoms with Gasteiger partial charge in [-0.15, -0.1) is 0 Å². The van der Waals surface area contributed by atoms with Gasteiger partial charge in [-0.25, -0.2) is 4.98 Å². The summed E-state index contributed by atoms with van der Waals surface area (Å²) >= 11 is 0. The van der Waals surface area contributed by atoms with Gasteiger partial charge in [0.25, 0.3) is 0 Å². The Kier molecular flexibility index (Phi) is 8.56. The molecule has 1 aromatic carbocycles. The average molecular weight is 414 g/mol. The van der Waals surface area contributed by atoms with Crippen LogP contribution in [0.3, 0.4) is 0 Å². The van der Waals surface area contributed by atoms with Crippen LogP contribution < -0.4 is 15.4 Å². The molecule has 1 aliphatic rings. The molecular formula is C23H35N5O2. The highest BCUT2D eigenvalue weighted by molar-refractivity contribution is 5.79. The van der Waals surface area contributed by atoms with E-state index in [2.05, 4.69) is 50.3 Å². The van der Waals surface area contributed by atoms with E-state index in [0.717, 1.165) is 68.7 Å². The van der Waals surface area contributed by atoms with E-state index in [1.54, 1.807) is 7.05 Å². The second-order valence-electron chi connectivity index (χ2n) is 7.88. The van der Waals surface area contributed by atoms with Crippen molar-refractivity contribution in [1.82, 2.24) is 20.2 Å². The number of benzene rings is 1. The van der Waals surface area contributed by atoms with Crippen molar-refractivity contribution < 1.29 is 9.47 Å². The second-order valence-corrected chi connectivity index (χ2v) is 7.88. The van der Waals surface area contributed by atoms with Gasteiger partial charge in [0.1, 0.15) is 11.6 Å². The van der Waals surface area contributed by atoms with Gasteiger partial charge in [0.15, 0.2) is 5.96 Å². The van der Waals surface area contributed by atoms with E-state index in [4.69, 9.17) is 9.47 Å². The number of hydrogen-bond donors (Lipinski definition) is 2. The molecule has 1 aliphatic heterocycles. The number of ether oxygens (including phenoxy) is 2. The van der Waals surface area contributed by atoms with Crippen molar-refractivity contribution in [2.45, 2.75) is 46.2 Å². The molecule has 2 heterocycles. The Labute approximate surface area is 179 Å². The summed E-state index contributed by atoms with van der Waals surface area (Å²) in [6, 6.07) is 6.36. The maximum atomic E-state index is 6.14. The van der Waals surface area contributed by atoms with E-state index in [0.29, 0.717) is 19.1 Å². The quantitative estimate of drug-likeness (QED) is 0.356. The molecule has 7 heteroatoms. The minimum absolute atomic E-state index is 0.492. The number of guanidine groups is 1. The molecule has 1 aromatic heterocycles.